The summed E-state index contributed by atoms with van der Waals surface area (Å²) in [6.45, 7) is 16.4. The van der Waals surface area contributed by atoms with Crippen molar-refractivity contribution < 1.29 is 14.3 Å². The van der Waals surface area contributed by atoms with Gasteiger partial charge >= 0.3 is 120 Å². The Morgan fingerprint density at radius 1 is 1.15 bits per heavy atom. The number of hydrogen-bond acceptors (Lipinski definition) is 4. The standard InChI is InChI=1S/C10H13ClN2O2.C4H7O.3C4H9.Sn/c1-7(14)8-6-13(12-10(8)11)9-4-2-3-5-15-9;1-3-5-4-2;3*1-3-4-2;/h6,9H,2-5H2,1H3;1,4H2,2H3;3*1,3-4H2,2H3;. The van der Waals surface area contributed by atoms with Gasteiger partial charge in [-0.25, -0.2) is 4.68 Å². The average molecular weight is 590 g/mol. The van der Waals surface area contributed by atoms with Crippen LogP contribution in [0.1, 0.15) is 109 Å². The second-order valence-corrected chi connectivity index (χ2v) is 22.7. The first-order valence-corrected chi connectivity index (χ1v) is 20.9. The van der Waals surface area contributed by atoms with E-state index in [1.807, 2.05) is 0 Å². The number of aromatic nitrogens is 2. The molecule has 1 atom stereocenters. The van der Waals surface area contributed by atoms with Gasteiger partial charge in [0.1, 0.15) is 6.23 Å². The summed E-state index contributed by atoms with van der Waals surface area (Å²) in [4.78, 5) is 11.2. The monoisotopic (exact) mass is 590 g/mol. The van der Waals surface area contributed by atoms with Crippen molar-refractivity contribution in [1.82, 2.24) is 9.78 Å². The molecule has 7 heteroatoms. The number of hydrogen-bond donors (Lipinski definition) is 0. The molecule has 5 nitrogen and oxygen atoms in total. The molecule has 2 rings (SSSR count). The molecule has 0 radical (unpaired) electrons. The smallest absolute Gasteiger partial charge is 0.164 e. The number of Topliss-reactive ketones (excluding diaryl/α,β-unsaturated/α-hetero) is 1. The van der Waals surface area contributed by atoms with Gasteiger partial charge < -0.3 is 4.74 Å². The van der Waals surface area contributed by atoms with Crippen LogP contribution in [0.4, 0.5) is 0 Å². The molecule has 1 saturated heterocycles. The fraction of sp³-hybridized carbons (Fsp3) is 0.769. The van der Waals surface area contributed by atoms with Gasteiger partial charge in [0.15, 0.2) is 10.9 Å². The number of carbonyl (C=O) groups is 1. The molecule has 1 aromatic rings. The molecule has 0 N–H and O–H groups in total. The Morgan fingerprint density at radius 3 is 2.12 bits per heavy atom. The van der Waals surface area contributed by atoms with Crippen molar-refractivity contribution in [2.24, 2.45) is 0 Å². The van der Waals surface area contributed by atoms with E-state index >= 15 is 0 Å². The SMILES string of the molecule is C=[C](OCC)[Sn]([CH2]CCC)([CH2]CCC)[CH2]CCC.CC(=O)c1cn(C2CCCCO2)nc1Cl. The number of halogens is 1. The van der Waals surface area contributed by atoms with Gasteiger partial charge in [-0.3, -0.25) is 4.79 Å². The number of rotatable bonds is 14. The van der Waals surface area contributed by atoms with Crippen LogP contribution in [0.3, 0.4) is 0 Å². The molecule has 0 spiro atoms. The van der Waals surface area contributed by atoms with Gasteiger partial charge in [0.05, 0.1) is 5.56 Å². The maximum Gasteiger partial charge on any atom is 0.164 e. The Hall–Kier alpha value is -0.531. The first-order chi connectivity index (χ1) is 15.8. The largest absolute Gasteiger partial charge is 0.357 e. The van der Waals surface area contributed by atoms with E-state index in [0.29, 0.717) is 5.56 Å². The first kappa shape index (κ1) is 30.5. The molecule has 1 unspecified atom stereocenters. The quantitative estimate of drug-likeness (QED) is 0.124. The van der Waals surface area contributed by atoms with Crippen molar-refractivity contribution >= 4 is 35.8 Å². The summed E-state index contributed by atoms with van der Waals surface area (Å²) >= 11 is 3.61. The molecule has 0 amide bonds. The van der Waals surface area contributed by atoms with E-state index in [-0.39, 0.29) is 17.2 Å². The van der Waals surface area contributed by atoms with Crippen molar-refractivity contribution in [3.05, 3.63) is 27.3 Å². The van der Waals surface area contributed by atoms with Crippen molar-refractivity contribution in [1.29, 1.82) is 0 Å². The van der Waals surface area contributed by atoms with Crippen LogP contribution in [-0.4, -0.2) is 47.2 Å². The summed E-state index contributed by atoms with van der Waals surface area (Å²) < 4.78 is 18.7. The summed E-state index contributed by atoms with van der Waals surface area (Å²) in [5.41, 5.74) is 0.464. The molecule has 0 aliphatic carbocycles. The zero-order valence-electron chi connectivity index (χ0n) is 21.8. The molecule has 0 aromatic carbocycles. The Morgan fingerprint density at radius 2 is 1.73 bits per heavy atom. The molecule has 1 aromatic heterocycles. The Kier molecular flexibility index (Phi) is 15.7. The van der Waals surface area contributed by atoms with E-state index in [1.165, 1.54) is 62.5 Å². The van der Waals surface area contributed by atoms with Crippen molar-refractivity contribution in [3.8, 4) is 0 Å². The molecule has 1 aliphatic heterocycles. The number of carbonyl (C=O) groups excluding carboxylic acids is 1. The third-order valence-electron chi connectivity index (χ3n) is 6.45. The second kappa shape index (κ2) is 17.0. The van der Waals surface area contributed by atoms with Crippen LogP contribution in [-0.2, 0) is 9.47 Å². The Labute approximate surface area is 211 Å². The average Bonchev–Trinajstić information content (AvgIpc) is 3.22. The Bertz CT molecular complexity index is 680. The summed E-state index contributed by atoms with van der Waals surface area (Å²) in [5.74, 6) is -0.0675. The summed E-state index contributed by atoms with van der Waals surface area (Å²) in [7, 11) is 0. The van der Waals surface area contributed by atoms with Crippen molar-refractivity contribution in [3.63, 3.8) is 0 Å². The molecule has 1 aliphatic rings. The maximum atomic E-state index is 11.2. The number of ketones is 1. The molecule has 0 saturated carbocycles. The van der Waals surface area contributed by atoms with Crippen LogP contribution in [0.2, 0.25) is 18.5 Å². The van der Waals surface area contributed by atoms with Crippen LogP contribution < -0.4 is 0 Å². The third kappa shape index (κ3) is 10.3. The predicted molar refractivity (Wildman–Crippen MR) is 142 cm³/mol. The van der Waals surface area contributed by atoms with E-state index in [0.717, 1.165) is 32.5 Å². The van der Waals surface area contributed by atoms with Crippen molar-refractivity contribution in [2.75, 3.05) is 13.2 Å². The molecule has 2 heterocycles. The van der Waals surface area contributed by atoms with Crippen LogP contribution in [0.15, 0.2) is 16.6 Å². The molecule has 0 bridgehead atoms. The summed E-state index contributed by atoms with van der Waals surface area (Å²) in [6, 6.07) is 0. The van der Waals surface area contributed by atoms with Gasteiger partial charge in [-0.2, -0.15) is 5.10 Å². The van der Waals surface area contributed by atoms with Crippen LogP contribution >= 0.6 is 11.6 Å². The maximum absolute atomic E-state index is 11.2. The molecule has 190 valence electrons. The number of ether oxygens (including phenoxy) is 2. The van der Waals surface area contributed by atoms with Crippen LogP contribution in [0, 0.1) is 0 Å². The minimum absolute atomic E-state index is 0.0654. The van der Waals surface area contributed by atoms with E-state index in [9.17, 15) is 4.79 Å². The van der Waals surface area contributed by atoms with E-state index in [4.69, 9.17) is 21.1 Å². The van der Waals surface area contributed by atoms with Gasteiger partial charge in [-0.15, -0.1) is 0 Å². The second-order valence-electron chi connectivity index (χ2n) is 9.14. The van der Waals surface area contributed by atoms with Crippen LogP contribution in [0.25, 0.3) is 0 Å². The molecular formula is C26H47ClN2O3Sn. The minimum Gasteiger partial charge on any atom is -0.357 e. The first-order valence-electron chi connectivity index (χ1n) is 13.0. The fourth-order valence-electron chi connectivity index (χ4n) is 4.35. The normalized spacial score (nSPS) is 16.1. The van der Waals surface area contributed by atoms with Gasteiger partial charge in [0, 0.05) is 12.8 Å². The topological polar surface area (TPSA) is 53.4 Å². The fourth-order valence-corrected chi connectivity index (χ4v) is 19.3. The van der Waals surface area contributed by atoms with Crippen LogP contribution in [0.5, 0.6) is 0 Å². The zero-order chi connectivity index (χ0) is 24.7. The van der Waals surface area contributed by atoms with Gasteiger partial charge in [0.25, 0.3) is 0 Å². The van der Waals surface area contributed by atoms with E-state index < -0.39 is 18.4 Å². The predicted octanol–water partition coefficient (Wildman–Crippen LogP) is 8.36. The van der Waals surface area contributed by atoms with Crippen molar-refractivity contribution in [2.45, 2.75) is 112 Å². The summed E-state index contributed by atoms with van der Waals surface area (Å²) in [6.07, 6.45) is 12.8. The minimum atomic E-state index is -2.24. The summed E-state index contributed by atoms with van der Waals surface area (Å²) in [5, 5.41) is 4.35. The van der Waals surface area contributed by atoms with Gasteiger partial charge in [-0.05, 0) is 26.2 Å². The van der Waals surface area contributed by atoms with E-state index in [2.05, 4.69) is 39.4 Å². The third-order valence-corrected chi connectivity index (χ3v) is 21.7. The number of nitrogens with zero attached hydrogens (tertiary/aromatic N) is 2. The number of unbranched alkanes of at least 4 members (excludes halogenated alkanes) is 3. The molecule has 1 fully saturated rings. The Balaban J connectivity index is 0.000000334. The van der Waals surface area contributed by atoms with E-state index in [1.54, 1.807) is 10.9 Å². The molecule has 33 heavy (non-hydrogen) atoms. The van der Waals surface area contributed by atoms with Gasteiger partial charge in [0.2, 0.25) is 0 Å². The molecular weight excluding hydrogens is 542 g/mol. The van der Waals surface area contributed by atoms with Gasteiger partial charge in [-0.1, -0.05) is 11.6 Å². The zero-order valence-corrected chi connectivity index (χ0v) is 25.4.